The Bertz CT molecular complexity index is 721. The number of carbonyl (C=O) groups is 1. The normalized spacial score (nSPS) is 19.2. The number of nitrogens with zero attached hydrogens (tertiary/aromatic N) is 2. The van der Waals surface area contributed by atoms with Crippen molar-refractivity contribution < 1.29 is 14.1 Å². The number of hydrogen-bond acceptors (Lipinski definition) is 6. The Kier molecular flexibility index (Phi) is 2.52. The molecule has 0 saturated heterocycles. The fourth-order valence-corrected chi connectivity index (χ4v) is 2.54. The minimum Gasteiger partial charge on any atom is -0.482 e. The van der Waals surface area contributed by atoms with Crippen LogP contribution in [-0.2, 0) is 10.3 Å². The van der Waals surface area contributed by atoms with E-state index in [0.29, 0.717) is 23.2 Å². The lowest BCUT2D eigenvalue weighted by Crippen LogP contribution is -2.44. The van der Waals surface area contributed by atoms with Gasteiger partial charge in [0.2, 0.25) is 0 Å². The van der Waals surface area contributed by atoms with Crippen LogP contribution in [0.2, 0.25) is 0 Å². The van der Waals surface area contributed by atoms with E-state index in [9.17, 15) is 4.79 Å². The molecule has 0 radical (unpaired) electrons. The van der Waals surface area contributed by atoms with Gasteiger partial charge in [0, 0.05) is 5.56 Å². The number of anilines is 1. The molecule has 2 aromatic rings. The molecule has 7 nitrogen and oxygen atoms in total. The average Bonchev–Trinajstić information content (AvgIpc) is 2.94. The molecule has 1 aromatic carbocycles. The topological polar surface area (TPSA) is 103 Å². The number of nitrogens with two attached hydrogens (primary N) is 1. The van der Waals surface area contributed by atoms with Gasteiger partial charge < -0.3 is 20.3 Å². The van der Waals surface area contributed by atoms with Gasteiger partial charge in [0.1, 0.15) is 5.75 Å². The molecule has 2 aliphatic rings. The Labute approximate surface area is 120 Å². The molecule has 0 bridgehead atoms. The van der Waals surface area contributed by atoms with E-state index in [1.165, 1.54) is 0 Å². The van der Waals surface area contributed by atoms with Crippen molar-refractivity contribution in [1.82, 2.24) is 10.1 Å². The zero-order chi connectivity index (χ0) is 14.4. The lowest BCUT2D eigenvalue weighted by molar-refractivity contribution is -0.118. The zero-order valence-corrected chi connectivity index (χ0v) is 11.3. The van der Waals surface area contributed by atoms with Gasteiger partial charge in [0.15, 0.2) is 12.4 Å². The second kappa shape index (κ2) is 4.29. The van der Waals surface area contributed by atoms with Crippen LogP contribution in [-0.4, -0.2) is 22.7 Å². The Hall–Kier alpha value is -2.41. The highest BCUT2D eigenvalue weighted by molar-refractivity contribution is 5.96. The number of carbonyl (C=O) groups excluding carboxylic acids is 1. The first-order valence-corrected chi connectivity index (χ1v) is 6.84. The first kappa shape index (κ1) is 12.3. The van der Waals surface area contributed by atoms with Crippen LogP contribution in [0.25, 0.3) is 11.5 Å². The average molecular weight is 286 g/mol. The molecule has 1 amide bonds. The summed E-state index contributed by atoms with van der Waals surface area (Å²) in [5, 5.41) is 6.73. The minimum atomic E-state index is -0.451. The number of hydrogen-bond donors (Lipinski definition) is 2. The van der Waals surface area contributed by atoms with Crippen molar-refractivity contribution in [2.24, 2.45) is 5.73 Å². The third kappa shape index (κ3) is 1.97. The van der Waals surface area contributed by atoms with Gasteiger partial charge >= 0.3 is 0 Å². The lowest BCUT2D eigenvalue weighted by Gasteiger charge is -2.34. The van der Waals surface area contributed by atoms with Gasteiger partial charge in [-0.3, -0.25) is 4.79 Å². The van der Waals surface area contributed by atoms with Crippen molar-refractivity contribution in [2.45, 2.75) is 24.8 Å². The Morgan fingerprint density at radius 3 is 2.95 bits per heavy atom. The molecule has 1 aliphatic heterocycles. The summed E-state index contributed by atoms with van der Waals surface area (Å²) >= 11 is 0. The van der Waals surface area contributed by atoms with E-state index in [0.717, 1.165) is 24.8 Å². The maximum absolute atomic E-state index is 11.4. The van der Waals surface area contributed by atoms with Crippen LogP contribution in [0.3, 0.4) is 0 Å². The molecular formula is C14H14N4O3. The summed E-state index contributed by atoms with van der Waals surface area (Å²) in [6, 6.07) is 5.35. The number of nitrogens with one attached hydrogen (secondary N) is 1. The van der Waals surface area contributed by atoms with Gasteiger partial charge in [-0.25, -0.2) is 0 Å². The van der Waals surface area contributed by atoms with Gasteiger partial charge in [-0.05, 0) is 37.5 Å². The van der Waals surface area contributed by atoms with E-state index in [1.54, 1.807) is 12.1 Å². The number of aromatic nitrogens is 2. The monoisotopic (exact) mass is 286 g/mol. The summed E-state index contributed by atoms with van der Waals surface area (Å²) in [5.41, 5.74) is 7.06. The third-order valence-corrected chi connectivity index (χ3v) is 3.98. The predicted octanol–water partition coefficient (Wildman–Crippen LogP) is 1.41. The van der Waals surface area contributed by atoms with Crippen LogP contribution >= 0.6 is 0 Å². The van der Waals surface area contributed by atoms with Crippen molar-refractivity contribution in [3.63, 3.8) is 0 Å². The fourth-order valence-electron chi connectivity index (χ4n) is 2.54. The first-order chi connectivity index (χ1) is 10.1. The van der Waals surface area contributed by atoms with Gasteiger partial charge in [0.05, 0.1) is 11.2 Å². The maximum Gasteiger partial charge on any atom is 0.262 e. The Balaban J connectivity index is 1.67. The number of benzene rings is 1. The number of fused-ring (bicyclic) bond motifs is 1. The van der Waals surface area contributed by atoms with Crippen molar-refractivity contribution in [2.75, 3.05) is 11.9 Å². The Morgan fingerprint density at radius 2 is 2.19 bits per heavy atom. The van der Waals surface area contributed by atoms with Crippen molar-refractivity contribution in [1.29, 1.82) is 0 Å². The van der Waals surface area contributed by atoms with E-state index in [1.807, 2.05) is 6.07 Å². The summed E-state index contributed by atoms with van der Waals surface area (Å²) in [5.74, 6) is 1.39. The summed E-state index contributed by atoms with van der Waals surface area (Å²) in [6.45, 7) is 0.0345. The standard InChI is InChI=1S/C14H14N4O3/c15-14(4-1-5-14)13-17-12(21-18-13)8-2-3-10-9(6-8)16-11(19)7-20-10/h2-3,6H,1,4-5,7,15H2,(H,16,19). The minimum absolute atomic E-state index is 0.0345. The van der Waals surface area contributed by atoms with E-state index >= 15 is 0 Å². The molecule has 21 heavy (non-hydrogen) atoms. The number of rotatable bonds is 2. The van der Waals surface area contributed by atoms with Crippen molar-refractivity contribution >= 4 is 11.6 Å². The van der Waals surface area contributed by atoms with Crippen LogP contribution in [0.4, 0.5) is 5.69 Å². The summed E-state index contributed by atoms with van der Waals surface area (Å²) in [4.78, 5) is 15.7. The molecule has 1 saturated carbocycles. The van der Waals surface area contributed by atoms with E-state index in [2.05, 4.69) is 15.5 Å². The predicted molar refractivity (Wildman–Crippen MR) is 73.6 cm³/mol. The van der Waals surface area contributed by atoms with Gasteiger partial charge in [0.25, 0.3) is 11.8 Å². The lowest BCUT2D eigenvalue weighted by atomic mass is 9.77. The van der Waals surface area contributed by atoms with Crippen LogP contribution in [0.1, 0.15) is 25.1 Å². The smallest absolute Gasteiger partial charge is 0.262 e. The fraction of sp³-hybridized carbons (Fsp3) is 0.357. The number of ether oxygens (including phenoxy) is 1. The van der Waals surface area contributed by atoms with Gasteiger partial charge in [-0.2, -0.15) is 4.98 Å². The van der Waals surface area contributed by atoms with E-state index in [4.69, 9.17) is 15.0 Å². The highest BCUT2D eigenvalue weighted by Crippen LogP contribution is 2.38. The second-order valence-corrected chi connectivity index (χ2v) is 5.48. The first-order valence-electron chi connectivity index (χ1n) is 6.84. The summed E-state index contributed by atoms with van der Waals surface area (Å²) < 4.78 is 10.6. The van der Waals surface area contributed by atoms with E-state index in [-0.39, 0.29) is 12.5 Å². The molecule has 4 rings (SSSR count). The Morgan fingerprint density at radius 1 is 1.33 bits per heavy atom. The van der Waals surface area contributed by atoms with Crippen LogP contribution in [0.15, 0.2) is 22.7 Å². The molecule has 1 aliphatic carbocycles. The van der Waals surface area contributed by atoms with Crippen molar-refractivity contribution in [3.8, 4) is 17.2 Å². The molecule has 1 fully saturated rings. The quantitative estimate of drug-likeness (QED) is 0.865. The highest BCUT2D eigenvalue weighted by Gasteiger charge is 2.39. The largest absolute Gasteiger partial charge is 0.482 e. The summed E-state index contributed by atoms with van der Waals surface area (Å²) in [6.07, 6.45) is 2.84. The highest BCUT2D eigenvalue weighted by atomic mass is 16.5. The molecule has 108 valence electrons. The molecule has 7 heteroatoms. The van der Waals surface area contributed by atoms with Gasteiger partial charge in [-0.15, -0.1) is 0 Å². The number of amides is 1. The van der Waals surface area contributed by atoms with Crippen LogP contribution < -0.4 is 15.8 Å². The molecule has 3 N–H and O–H groups in total. The molecule has 0 atom stereocenters. The molecule has 2 heterocycles. The van der Waals surface area contributed by atoms with Crippen LogP contribution in [0.5, 0.6) is 5.75 Å². The van der Waals surface area contributed by atoms with Crippen molar-refractivity contribution in [3.05, 3.63) is 24.0 Å². The zero-order valence-electron chi connectivity index (χ0n) is 11.3. The third-order valence-electron chi connectivity index (χ3n) is 3.98. The van der Waals surface area contributed by atoms with E-state index < -0.39 is 5.54 Å². The van der Waals surface area contributed by atoms with Gasteiger partial charge in [-0.1, -0.05) is 5.16 Å². The molecule has 0 spiro atoms. The SMILES string of the molecule is NC1(c2noc(-c3ccc4c(c3)NC(=O)CO4)n2)CCC1. The molecule has 1 aromatic heterocycles. The van der Waals surface area contributed by atoms with Crippen LogP contribution in [0, 0.1) is 0 Å². The molecule has 0 unspecified atom stereocenters. The molecular weight excluding hydrogens is 272 g/mol. The summed E-state index contributed by atoms with van der Waals surface area (Å²) in [7, 11) is 0. The maximum atomic E-state index is 11.4. The second-order valence-electron chi connectivity index (χ2n) is 5.48.